The minimum atomic E-state index is -4.65. The number of rotatable bonds is 4. The highest BCUT2D eigenvalue weighted by atomic mass is 32.1. The van der Waals surface area contributed by atoms with Crippen molar-refractivity contribution in [1.82, 2.24) is 9.55 Å². The fraction of sp³-hybridized carbons (Fsp3) is 0.188. The minimum Gasteiger partial charge on any atom is -0.481 e. The van der Waals surface area contributed by atoms with Crippen molar-refractivity contribution >= 4 is 39.0 Å². The number of pyridine rings is 1. The Morgan fingerprint density at radius 3 is 2.73 bits per heavy atom. The zero-order chi connectivity index (χ0) is 19.1. The molecule has 136 valence electrons. The van der Waals surface area contributed by atoms with Crippen molar-refractivity contribution in [3.05, 3.63) is 51.3 Å². The van der Waals surface area contributed by atoms with Crippen molar-refractivity contribution in [3.8, 4) is 0 Å². The molecule has 2 heterocycles. The maximum atomic E-state index is 13.1. The molecule has 0 aliphatic rings. The van der Waals surface area contributed by atoms with Crippen LogP contribution in [0.2, 0.25) is 0 Å². The zero-order valence-corrected chi connectivity index (χ0v) is 14.1. The van der Waals surface area contributed by atoms with E-state index in [2.05, 4.69) is 10.3 Å². The largest absolute Gasteiger partial charge is 0.481 e. The Kier molecular flexibility index (Phi) is 4.45. The van der Waals surface area contributed by atoms with Crippen molar-refractivity contribution in [1.29, 1.82) is 0 Å². The standard InChI is InChI=1S/C16H12F3N3O3S/c1-22-11-4-8(21-15-20-7-9(26-15)5-14(24)25)2-3-10(11)12(23)6-13(22)16(17,18)19/h2-4,6-7H,5H2,1H3,(H,20,21)(H,24,25). The molecule has 3 aromatic rings. The van der Waals surface area contributed by atoms with Crippen LogP contribution in [0.1, 0.15) is 10.6 Å². The predicted octanol–water partition coefficient (Wildman–Crippen LogP) is 3.38. The van der Waals surface area contributed by atoms with Gasteiger partial charge in [0.05, 0.1) is 11.9 Å². The number of halogens is 3. The van der Waals surface area contributed by atoms with Crippen molar-refractivity contribution in [2.45, 2.75) is 12.6 Å². The van der Waals surface area contributed by atoms with Gasteiger partial charge in [-0.25, -0.2) is 4.98 Å². The molecule has 6 nitrogen and oxygen atoms in total. The number of aryl methyl sites for hydroxylation is 1. The SMILES string of the molecule is Cn1c(C(F)(F)F)cc(=O)c2ccc(Nc3ncc(CC(=O)O)s3)cc21. The maximum Gasteiger partial charge on any atom is 0.431 e. The van der Waals surface area contributed by atoms with Crippen LogP contribution in [0.25, 0.3) is 10.9 Å². The monoisotopic (exact) mass is 383 g/mol. The molecule has 0 amide bonds. The van der Waals surface area contributed by atoms with Gasteiger partial charge in [-0.2, -0.15) is 13.2 Å². The van der Waals surface area contributed by atoms with Gasteiger partial charge in [-0.15, -0.1) is 11.3 Å². The lowest BCUT2D eigenvalue weighted by Crippen LogP contribution is -2.19. The number of anilines is 2. The molecule has 0 spiro atoms. The van der Waals surface area contributed by atoms with Crippen LogP contribution in [0.5, 0.6) is 0 Å². The van der Waals surface area contributed by atoms with Gasteiger partial charge in [-0.3, -0.25) is 9.59 Å². The van der Waals surface area contributed by atoms with E-state index < -0.39 is 23.3 Å². The summed E-state index contributed by atoms with van der Waals surface area (Å²) in [6, 6.07) is 4.99. The molecule has 0 fully saturated rings. The second-order valence-electron chi connectivity index (χ2n) is 5.51. The predicted molar refractivity (Wildman–Crippen MR) is 90.9 cm³/mol. The van der Waals surface area contributed by atoms with Crippen LogP contribution in [-0.2, 0) is 24.4 Å². The highest BCUT2D eigenvalue weighted by Gasteiger charge is 2.34. The Labute approximate surface area is 148 Å². The van der Waals surface area contributed by atoms with E-state index in [-0.39, 0.29) is 17.3 Å². The second-order valence-corrected chi connectivity index (χ2v) is 6.62. The van der Waals surface area contributed by atoms with E-state index in [1.165, 1.54) is 25.4 Å². The van der Waals surface area contributed by atoms with E-state index in [0.29, 0.717) is 21.8 Å². The lowest BCUT2D eigenvalue weighted by Gasteiger charge is -2.15. The van der Waals surface area contributed by atoms with Crippen molar-refractivity contribution in [3.63, 3.8) is 0 Å². The third-order valence-corrected chi connectivity index (χ3v) is 4.59. The first-order chi connectivity index (χ1) is 12.1. The van der Waals surface area contributed by atoms with Crippen molar-refractivity contribution < 1.29 is 23.1 Å². The van der Waals surface area contributed by atoms with Gasteiger partial charge >= 0.3 is 12.1 Å². The maximum absolute atomic E-state index is 13.1. The second kappa shape index (κ2) is 6.45. The number of nitrogens with zero attached hydrogens (tertiary/aromatic N) is 2. The van der Waals surface area contributed by atoms with E-state index >= 15 is 0 Å². The minimum absolute atomic E-state index is 0.122. The number of benzene rings is 1. The Balaban J connectivity index is 2.00. The van der Waals surface area contributed by atoms with Gasteiger partial charge in [0.15, 0.2) is 10.6 Å². The number of thiazole rings is 1. The van der Waals surface area contributed by atoms with Crippen LogP contribution in [0.15, 0.2) is 35.3 Å². The van der Waals surface area contributed by atoms with E-state index in [0.717, 1.165) is 15.9 Å². The number of hydrogen-bond acceptors (Lipinski definition) is 5. The smallest absolute Gasteiger partial charge is 0.431 e. The van der Waals surface area contributed by atoms with E-state index in [1.807, 2.05) is 0 Å². The van der Waals surface area contributed by atoms with Crippen LogP contribution in [0.4, 0.5) is 24.0 Å². The molecule has 0 saturated heterocycles. The van der Waals surface area contributed by atoms with Gasteiger partial charge < -0.3 is 15.0 Å². The molecule has 3 rings (SSSR count). The number of carbonyl (C=O) groups is 1. The molecule has 26 heavy (non-hydrogen) atoms. The summed E-state index contributed by atoms with van der Waals surface area (Å²) in [7, 11) is 1.24. The van der Waals surface area contributed by atoms with Gasteiger partial charge in [-0.1, -0.05) is 0 Å². The van der Waals surface area contributed by atoms with Gasteiger partial charge in [-0.05, 0) is 18.2 Å². The molecular weight excluding hydrogens is 371 g/mol. The van der Waals surface area contributed by atoms with Crippen LogP contribution >= 0.6 is 11.3 Å². The molecule has 10 heteroatoms. The first kappa shape index (κ1) is 17.9. The molecule has 0 unspecified atom stereocenters. The average Bonchev–Trinajstić information content (AvgIpc) is 2.96. The normalized spacial score (nSPS) is 11.7. The molecule has 0 atom stereocenters. The zero-order valence-electron chi connectivity index (χ0n) is 13.3. The Hall–Kier alpha value is -2.88. The molecule has 0 aliphatic carbocycles. The number of fused-ring (bicyclic) bond motifs is 1. The van der Waals surface area contributed by atoms with Gasteiger partial charge in [0.25, 0.3) is 0 Å². The highest BCUT2D eigenvalue weighted by molar-refractivity contribution is 7.15. The molecular formula is C16H12F3N3O3S. The summed E-state index contributed by atoms with van der Waals surface area (Å²) in [5.41, 5.74) is -1.19. The lowest BCUT2D eigenvalue weighted by atomic mass is 10.1. The summed E-state index contributed by atoms with van der Waals surface area (Å²) in [4.78, 5) is 27.2. The van der Waals surface area contributed by atoms with Crippen LogP contribution in [-0.4, -0.2) is 20.6 Å². The topological polar surface area (TPSA) is 84.2 Å². The first-order valence-electron chi connectivity index (χ1n) is 7.29. The fourth-order valence-electron chi connectivity index (χ4n) is 2.52. The van der Waals surface area contributed by atoms with E-state index in [9.17, 15) is 22.8 Å². The summed E-state index contributed by atoms with van der Waals surface area (Å²) in [6.45, 7) is 0. The fourth-order valence-corrected chi connectivity index (χ4v) is 3.34. The number of aliphatic carboxylic acids is 1. The van der Waals surface area contributed by atoms with Crippen molar-refractivity contribution in [2.24, 2.45) is 7.05 Å². The quantitative estimate of drug-likeness (QED) is 0.722. The van der Waals surface area contributed by atoms with Crippen LogP contribution in [0.3, 0.4) is 0 Å². The van der Waals surface area contributed by atoms with Crippen molar-refractivity contribution in [2.75, 3.05) is 5.32 Å². The Morgan fingerprint density at radius 1 is 1.35 bits per heavy atom. The number of aromatic nitrogens is 2. The van der Waals surface area contributed by atoms with E-state index in [4.69, 9.17) is 5.11 Å². The molecule has 0 radical (unpaired) electrons. The molecule has 2 aromatic heterocycles. The number of alkyl halides is 3. The van der Waals surface area contributed by atoms with Gasteiger partial charge in [0.2, 0.25) is 0 Å². The highest BCUT2D eigenvalue weighted by Crippen LogP contribution is 2.31. The summed E-state index contributed by atoms with van der Waals surface area (Å²) in [5.74, 6) is -0.986. The lowest BCUT2D eigenvalue weighted by molar-refractivity contribution is -0.143. The summed E-state index contributed by atoms with van der Waals surface area (Å²) in [5, 5.41) is 12.2. The Bertz CT molecular complexity index is 1060. The molecule has 0 aliphatic heterocycles. The molecule has 1 aromatic carbocycles. The molecule has 2 N–H and O–H groups in total. The average molecular weight is 383 g/mol. The summed E-state index contributed by atoms with van der Waals surface area (Å²) < 4.78 is 40.2. The summed E-state index contributed by atoms with van der Waals surface area (Å²) >= 11 is 1.12. The van der Waals surface area contributed by atoms with Gasteiger partial charge in [0.1, 0.15) is 5.69 Å². The molecule has 0 saturated carbocycles. The van der Waals surface area contributed by atoms with Gasteiger partial charge in [0, 0.05) is 35.3 Å². The first-order valence-corrected chi connectivity index (χ1v) is 8.11. The van der Waals surface area contributed by atoms with Crippen LogP contribution in [0, 0.1) is 0 Å². The number of carboxylic acid groups (broad SMARTS) is 1. The number of carboxylic acids is 1. The third kappa shape index (κ3) is 3.54. The Morgan fingerprint density at radius 2 is 2.08 bits per heavy atom. The van der Waals surface area contributed by atoms with E-state index in [1.54, 1.807) is 6.07 Å². The number of hydrogen-bond donors (Lipinski definition) is 2. The molecule has 0 bridgehead atoms. The summed E-state index contributed by atoms with van der Waals surface area (Å²) in [6.07, 6.45) is -3.40. The number of nitrogens with one attached hydrogen (secondary N) is 1. The van der Waals surface area contributed by atoms with Crippen LogP contribution < -0.4 is 10.7 Å². The third-order valence-electron chi connectivity index (χ3n) is 3.67.